The zero-order chi connectivity index (χ0) is 13.7. The molecule has 0 fully saturated rings. The van der Waals surface area contributed by atoms with E-state index in [1.807, 2.05) is 24.3 Å². The Labute approximate surface area is 112 Å². The smallest absolute Gasteiger partial charge is 0.259 e. The molecule has 2 rings (SSSR count). The molecule has 1 aromatic carbocycles. The van der Waals surface area contributed by atoms with E-state index in [-0.39, 0.29) is 5.91 Å². The number of anilines is 2. The van der Waals surface area contributed by atoms with Gasteiger partial charge >= 0.3 is 0 Å². The highest BCUT2D eigenvalue weighted by Crippen LogP contribution is 2.15. The van der Waals surface area contributed by atoms with E-state index in [0.29, 0.717) is 11.4 Å². The average molecular weight is 255 g/mol. The van der Waals surface area contributed by atoms with E-state index in [4.69, 9.17) is 0 Å². The van der Waals surface area contributed by atoms with Crippen molar-refractivity contribution in [2.45, 2.75) is 13.3 Å². The van der Waals surface area contributed by atoms with Crippen LogP contribution in [-0.4, -0.2) is 17.9 Å². The van der Waals surface area contributed by atoms with Crippen LogP contribution in [0, 0.1) is 0 Å². The van der Waals surface area contributed by atoms with Gasteiger partial charge in [-0.3, -0.25) is 4.79 Å². The van der Waals surface area contributed by atoms with Gasteiger partial charge in [-0.15, -0.1) is 0 Å². The van der Waals surface area contributed by atoms with Gasteiger partial charge in [0.15, 0.2) is 0 Å². The molecule has 0 saturated carbocycles. The van der Waals surface area contributed by atoms with Crippen molar-refractivity contribution >= 4 is 17.4 Å². The molecule has 2 aromatic rings. The second kappa shape index (κ2) is 6.00. The summed E-state index contributed by atoms with van der Waals surface area (Å²) in [6.07, 6.45) is 2.64. The van der Waals surface area contributed by atoms with Crippen LogP contribution in [0.2, 0.25) is 0 Å². The summed E-state index contributed by atoms with van der Waals surface area (Å²) in [5.74, 6) is 0.409. The quantitative estimate of drug-likeness (QED) is 0.883. The first-order valence-electron chi connectivity index (χ1n) is 6.27. The topological polar surface area (TPSA) is 54.0 Å². The van der Waals surface area contributed by atoms with Crippen LogP contribution >= 0.6 is 0 Å². The molecule has 0 bridgehead atoms. The Morgan fingerprint density at radius 1 is 1.21 bits per heavy atom. The number of amides is 1. The van der Waals surface area contributed by atoms with Crippen molar-refractivity contribution in [2.24, 2.45) is 0 Å². The molecule has 2 N–H and O–H groups in total. The van der Waals surface area contributed by atoms with E-state index < -0.39 is 0 Å². The molecule has 1 aromatic heterocycles. The number of aromatic nitrogens is 1. The van der Waals surface area contributed by atoms with E-state index >= 15 is 0 Å². The molecule has 4 heteroatoms. The van der Waals surface area contributed by atoms with Gasteiger partial charge in [0.2, 0.25) is 0 Å². The van der Waals surface area contributed by atoms with Crippen molar-refractivity contribution in [3.8, 4) is 0 Å². The van der Waals surface area contributed by atoms with Gasteiger partial charge in [-0.05, 0) is 36.2 Å². The monoisotopic (exact) mass is 255 g/mol. The number of hydrogen-bond acceptors (Lipinski definition) is 3. The van der Waals surface area contributed by atoms with Crippen molar-refractivity contribution in [1.82, 2.24) is 4.98 Å². The van der Waals surface area contributed by atoms with Crippen molar-refractivity contribution in [1.29, 1.82) is 0 Å². The third-order valence-corrected chi connectivity index (χ3v) is 2.91. The first-order valence-corrected chi connectivity index (χ1v) is 6.27. The maximum atomic E-state index is 12.2. The van der Waals surface area contributed by atoms with E-state index in [1.54, 1.807) is 25.4 Å². The molecule has 1 heterocycles. The lowest BCUT2D eigenvalue weighted by Gasteiger charge is -2.09. The number of aryl methyl sites for hydroxylation is 1. The third-order valence-electron chi connectivity index (χ3n) is 2.91. The molecule has 0 unspecified atom stereocenters. The number of hydrogen-bond donors (Lipinski definition) is 2. The fraction of sp³-hybridized carbons (Fsp3) is 0.200. The predicted molar refractivity (Wildman–Crippen MR) is 77.6 cm³/mol. The standard InChI is InChI=1S/C15H17N3O/c1-3-11-6-8-12(9-7-11)18-15(19)13-5-4-10-17-14(13)16-2/h4-10H,3H2,1-2H3,(H,16,17)(H,18,19). The molecule has 19 heavy (non-hydrogen) atoms. The molecule has 0 aliphatic carbocycles. The van der Waals surface area contributed by atoms with Gasteiger partial charge in [0.05, 0.1) is 5.56 Å². The van der Waals surface area contributed by atoms with Crippen LogP contribution < -0.4 is 10.6 Å². The van der Waals surface area contributed by atoms with Crippen LogP contribution in [-0.2, 0) is 6.42 Å². The minimum absolute atomic E-state index is 0.165. The number of nitrogens with one attached hydrogen (secondary N) is 2. The van der Waals surface area contributed by atoms with Crippen molar-refractivity contribution in [3.63, 3.8) is 0 Å². The first kappa shape index (κ1) is 13.1. The zero-order valence-corrected chi connectivity index (χ0v) is 11.1. The number of carbonyl (C=O) groups excluding carboxylic acids is 1. The molecule has 0 spiro atoms. The van der Waals surface area contributed by atoms with Gasteiger partial charge < -0.3 is 10.6 Å². The van der Waals surface area contributed by atoms with Crippen LogP contribution in [0.4, 0.5) is 11.5 Å². The van der Waals surface area contributed by atoms with Crippen LogP contribution in [0.25, 0.3) is 0 Å². The Bertz CT molecular complexity index is 564. The fourth-order valence-electron chi connectivity index (χ4n) is 1.81. The largest absolute Gasteiger partial charge is 0.372 e. The maximum Gasteiger partial charge on any atom is 0.259 e. The molecule has 0 radical (unpaired) electrons. The number of carbonyl (C=O) groups is 1. The molecule has 0 aliphatic heterocycles. The van der Waals surface area contributed by atoms with Crippen molar-refractivity contribution in [2.75, 3.05) is 17.7 Å². The number of rotatable bonds is 4. The summed E-state index contributed by atoms with van der Waals surface area (Å²) in [5.41, 5.74) is 2.56. The third kappa shape index (κ3) is 3.10. The lowest BCUT2D eigenvalue weighted by atomic mass is 10.1. The van der Waals surface area contributed by atoms with E-state index in [0.717, 1.165) is 12.1 Å². The predicted octanol–water partition coefficient (Wildman–Crippen LogP) is 2.94. The molecule has 0 aliphatic rings. The van der Waals surface area contributed by atoms with Gasteiger partial charge in [0, 0.05) is 18.9 Å². The molecule has 1 amide bonds. The molecule has 98 valence electrons. The van der Waals surface area contributed by atoms with Crippen LogP contribution in [0.15, 0.2) is 42.6 Å². The number of pyridine rings is 1. The summed E-state index contributed by atoms with van der Waals surface area (Å²) in [4.78, 5) is 16.3. The summed E-state index contributed by atoms with van der Waals surface area (Å²) in [6.45, 7) is 2.10. The van der Waals surface area contributed by atoms with Gasteiger partial charge in [0.1, 0.15) is 5.82 Å². The van der Waals surface area contributed by atoms with E-state index in [2.05, 4.69) is 22.5 Å². The first-order chi connectivity index (χ1) is 9.24. The summed E-state index contributed by atoms with van der Waals surface area (Å²) in [7, 11) is 1.75. The van der Waals surface area contributed by atoms with Gasteiger partial charge in [-0.25, -0.2) is 4.98 Å². The SMILES string of the molecule is CCc1ccc(NC(=O)c2cccnc2NC)cc1. The van der Waals surface area contributed by atoms with Crippen molar-refractivity contribution < 1.29 is 4.79 Å². The van der Waals surface area contributed by atoms with E-state index in [9.17, 15) is 4.79 Å². The Morgan fingerprint density at radius 3 is 2.58 bits per heavy atom. The fourth-order valence-corrected chi connectivity index (χ4v) is 1.81. The Balaban J connectivity index is 2.16. The minimum Gasteiger partial charge on any atom is -0.372 e. The second-order valence-electron chi connectivity index (χ2n) is 4.15. The second-order valence-corrected chi connectivity index (χ2v) is 4.15. The highest BCUT2D eigenvalue weighted by atomic mass is 16.1. The highest BCUT2D eigenvalue weighted by molar-refractivity contribution is 6.07. The summed E-state index contributed by atoms with van der Waals surface area (Å²) in [6, 6.07) is 11.3. The van der Waals surface area contributed by atoms with Gasteiger partial charge in [0.25, 0.3) is 5.91 Å². The zero-order valence-electron chi connectivity index (χ0n) is 11.1. The van der Waals surface area contributed by atoms with Crippen LogP contribution in [0.5, 0.6) is 0 Å². The molecular formula is C15H17N3O. The molecule has 0 saturated heterocycles. The number of benzene rings is 1. The summed E-state index contributed by atoms with van der Waals surface area (Å²) < 4.78 is 0. The lowest BCUT2D eigenvalue weighted by Crippen LogP contribution is -2.14. The number of nitrogens with zero attached hydrogens (tertiary/aromatic N) is 1. The average Bonchev–Trinajstić information content (AvgIpc) is 2.48. The van der Waals surface area contributed by atoms with Gasteiger partial charge in [-0.1, -0.05) is 19.1 Å². The molecule has 0 atom stereocenters. The highest BCUT2D eigenvalue weighted by Gasteiger charge is 2.11. The Morgan fingerprint density at radius 2 is 1.95 bits per heavy atom. The Kier molecular flexibility index (Phi) is 4.13. The minimum atomic E-state index is -0.165. The van der Waals surface area contributed by atoms with Crippen LogP contribution in [0.3, 0.4) is 0 Å². The summed E-state index contributed by atoms with van der Waals surface area (Å²) in [5, 5.41) is 5.77. The lowest BCUT2D eigenvalue weighted by molar-refractivity contribution is 0.102. The Hall–Kier alpha value is -2.36. The van der Waals surface area contributed by atoms with Crippen molar-refractivity contribution in [3.05, 3.63) is 53.7 Å². The normalized spacial score (nSPS) is 10.0. The van der Waals surface area contributed by atoms with E-state index in [1.165, 1.54) is 5.56 Å². The van der Waals surface area contributed by atoms with Crippen LogP contribution in [0.1, 0.15) is 22.8 Å². The molecular weight excluding hydrogens is 238 g/mol. The maximum absolute atomic E-state index is 12.2. The summed E-state index contributed by atoms with van der Waals surface area (Å²) >= 11 is 0. The molecule has 4 nitrogen and oxygen atoms in total. The van der Waals surface area contributed by atoms with Gasteiger partial charge in [-0.2, -0.15) is 0 Å².